The molecule has 3 N–H and O–H groups in total. The maximum atomic E-state index is 12.4. The van der Waals surface area contributed by atoms with Crippen molar-refractivity contribution in [2.45, 2.75) is 43.5 Å². The topological polar surface area (TPSA) is 118 Å². The summed E-state index contributed by atoms with van der Waals surface area (Å²) in [4.78, 5) is 28.8. The molecule has 216 valence electrons. The number of amides is 1. The molecule has 1 aliphatic heterocycles. The highest BCUT2D eigenvalue weighted by Crippen LogP contribution is 2.43. The number of carbonyl (C=O) groups excluding carboxylic acids is 1. The number of hydrogen-bond acceptors (Lipinski definition) is 7. The molecule has 0 aliphatic carbocycles. The number of carboxylic acid groups (broad SMARTS) is 1. The van der Waals surface area contributed by atoms with E-state index in [0.717, 1.165) is 22.3 Å². The number of aliphatic hydroxyl groups excluding tert-OH is 1. The third-order valence-electron chi connectivity index (χ3n) is 7.27. The minimum absolute atomic E-state index is 0.0346. The zero-order valence-electron chi connectivity index (χ0n) is 23.1. The van der Waals surface area contributed by atoms with Gasteiger partial charge in [0.1, 0.15) is 0 Å². The molecule has 1 aromatic heterocycles. The molecule has 1 amide bonds. The summed E-state index contributed by atoms with van der Waals surface area (Å²) >= 11 is 1.46. The van der Waals surface area contributed by atoms with Crippen LogP contribution in [-0.4, -0.2) is 38.9 Å². The summed E-state index contributed by atoms with van der Waals surface area (Å²) in [7, 11) is 0. The highest BCUT2D eigenvalue weighted by molar-refractivity contribution is 7.99. The van der Waals surface area contributed by atoms with Crippen LogP contribution in [0.15, 0.2) is 102 Å². The Kier molecular flexibility index (Phi) is 9.66. The van der Waals surface area contributed by atoms with Crippen LogP contribution in [0.5, 0.6) is 0 Å². The van der Waals surface area contributed by atoms with Crippen molar-refractivity contribution in [2.75, 3.05) is 5.75 Å². The van der Waals surface area contributed by atoms with E-state index in [1.807, 2.05) is 60.7 Å². The zero-order valence-corrected chi connectivity index (χ0v) is 23.9. The van der Waals surface area contributed by atoms with Crippen LogP contribution in [-0.2, 0) is 22.6 Å². The molecule has 1 fully saturated rings. The predicted octanol–water partition coefficient (Wildman–Crippen LogP) is 5.79. The van der Waals surface area contributed by atoms with Gasteiger partial charge in [0.2, 0.25) is 0 Å². The van der Waals surface area contributed by atoms with Crippen LogP contribution < -0.4 is 5.32 Å². The molecule has 8 nitrogen and oxygen atoms in total. The highest BCUT2D eigenvalue weighted by atomic mass is 32.2. The van der Waals surface area contributed by atoms with Crippen molar-refractivity contribution >= 4 is 23.6 Å². The Balaban J connectivity index is 1.33. The van der Waals surface area contributed by atoms with Gasteiger partial charge in [-0.15, -0.1) is 11.8 Å². The first kappa shape index (κ1) is 29.5. The number of pyridine rings is 1. The summed E-state index contributed by atoms with van der Waals surface area (Å²) in [6.07, 6.45) is 1.98. The number of hydrogen-bond donors (Lipinski definition) is 3. The summed E-state index contributed by atoms with van der Waals surface area (Å²) in [5.41, 5.74) is 4.32. The number of benzene rings is 3. The standard InChI is InChI=1S/C33H32N2O6S/c1-21-28(20-42-29-7-3-2-6-27(29)32(38)39)40-33(41-30(21)24-12-10-23(19-36)11-13-24)25-14-8-22(9-15-25)17-35-31(37)26-5-4-16-34-18-26/h2-16,18,21,28,30,33,36H,17,19-20H2,1H3,(H,35,37)(H,38,39). The molecule has 0 bridgehead atoms. The van der Waals surface area contributed by atoms with Crippen LogP contribution in [0.2, 0.25) is 0 Å². The Morgan fingerprint density at radius 1 is 0.905 bits per heavy atom. The van der Waals surface area contributed by atoms with Crippen LogP contribution >= 0.6 is 11.8 Å². The molecular formula is C33H32N2O6S. The van der Waals surface area contributed by atoms with Gasteiger partial charge in [-0.25, -0.2) is 4.79 Å². The molecule has 4 aromatic rings. The quantitative estimate of drug-likeness (QED) is 0.201. The Morgan fingerprint density at radius 3 is 2.31 bits per heavy atom. The van der Waals surface area contributed by atoms with Crippen molar-refractivity contribution in [3.8, 4) is 0 Å². The molecule has 1 saturated heterocycles. The van der Waals surface area contributed by atoms with E-state index in [4.69, 9.17) is 9.47 Å². The molecule has 0 radical (unpaired) electrons. The fraction of sp³-hybridized carbons (Fsp3) is 0.242. The van der Waals surface area contributed by atoms with E-state index in [1.165, 1.54) is 18.0 Å². The SMILES string of the molecule is CC1C(CSc2ccccc2C(=O)O)OC(c2ccc(CNC(=O)c3cccnc3)cc2)OC1c1ccc(CO)cc1. The Morgan fingerprint density at radius 2 is 1.62 bits per heavy atom. The molecule has 0 spiro atoms. The number of aromatic nitrogens is 1. The number of nitrogens with zero attached hydrogens (tertiary/aromatic N) is 1. The summed E-state index contributed by atoms with van der Waals surface area (Å²) in [5, 5.41) is 22.0. The van der Waals surface area contributed by atoms with Gasteiger partial charge in [-0.1, -0.05) is 67.6 Å². The molecule has 4 unspecified atom stereocenters. The number of thioether (sulfide) groups is 1. The second kappa shape index (κ2) is 13.8. The van der Waals surface area contributed by atoms with Crippen LogP contribution in [0, 0.1) is 5.92 Å². The molecule has 9 heteroatoms. The fourth-order valence-corrected chi connectivity index (χ4v) is 6.04. The van der Waals surface area contributed by atoms with Gasteiger partial charge >= 0.3 is 5.97 Å². The van der Waals surface area contributed by atoms with Crippen molar-refractivity contribution in [1.82, 2.24) is 10.3 Å². The number of nitrogens with one attached hydrogen (secondary N) is 1. The lowest BCUT2D eigenvalue weighted by Gasteiger charge is -2.41. The van der Waals surface area contributed by atoms with E-state index < -0.39 is 12.3 Å². The van der Waals surface area contributed by atoms with Gasteiger partial charge in [0, 0.05) is 41.1 Å². The zero-order chi connectivity index (χ0) is 29.5. The Labute approximate surface area is 248 Å². The third kappa shape index (κ3) is 7.06. The number of rotatable bonds is 10. The van der Waals surface area contributed by atoms with E-state index in [2.05, 4.69) is 17.2 Å². The van der Waals surface area contributed by atoms with Gasteiger partial charge < -0.3 is 25.0 Å². The fourth-order valence-electron chi connectivity index (χ4n) is 4.83. The van der Waals surface area contributed by atoms with E-state index in [1.54, 1.807) is 30.5 Å². The van der Waals surface area contributed by atoms with Gasteiger partial charge in [0.25, 0.3) is 5.91 Å². The first-order valence-corrected chi connectivity index (χ1v) is 14.6. The van der Waals surface area contributed by atoms with Crippen molar-refractivity contribution in [2.24, 2.45) is 5.92 Å². The smallest absolute Gasteiger partial charge is 0.336 e. The average Bonchev–Trinajstić information content (AvgIpc) is 3.04. The van der Waals surface area contributed by atoms with Crippen LogP contribution in [0.3, 0.4) is 0 Å². The third-order valence-corrected chi connectivity index (χ3v) is 8.43. The summed E-state index contributed by atoms with van der Waals surface area (Å²) in [5.74, 6) is -0.655. The first-order valence-electron chi connectivity index (χ1n) is 13.7. The van der Waals surface area contributed by atoms with Gasteiger partial charge in [0.15, 0.2) is 6.29 Å². The second-order valence-corrected chi connectivity index (χ2v) is 11.2. The number of aliphatic hydroxyl groups is 1. The first-order chi connectivity index (χ1) is 20.4. The number of carbonyl (C=O) groups is 2. The lowest BCUT2D eigenvalue weighted by atomic mass is 9.91. The van der Waals surface area contributed by atoms with Gasteiger partial charge in [-0.3, -0.25) is 9.78 Å². The monoisotopic (exact) mass is 584 g/mol. The van der Waals surface area contributed by atoms with E-state index in [9.17, 15) is 19.8 Å². The van der Waals surface area contributed by atoms with Crippen molar-refractivity contribution in [3.63, 3.8) is 0 Å². The Bertz CT molecular complexity index is 1500. The summed E-state index contributed by atoms with van der Waals surface area (Å²) in [6.45, 7) is 2.40. The normalized spacial score (nSPS) is 20.1. The molecule has 1 aliphatic rings. The maximum Gasteiger partial charge on any atom is 0.336 e. The van der Waals surface area contributed by atoms with Crippen molar-refractivity contribution in [3.05, 3.63) is 131 Å². The average molecular weight is 585 g/mol. The van der Waals surface area contributed by atoms with E-state index in [0.29, 0.717) is 22.8 Å². The van der Waals surface area contributed by atoms with Gasteiger partial charge in [-0.05, 0) is 41.0 Å². The second-order valence-electron chi connectivity index (χ2n) is 10.1. The van der Waals surface area contributed by atoms with Crippen LogP contribution in [0.25, 0.3) is 0 Å². The highest BCUT2D eigenvalue weighted by Gasteiger charge is 2.38. The van der Waals surface area contributed by atoms with Gasteiger partial charge in [0.05, 0.1) is 29.9 Å². The van der Waals surface area contributed by atoms with E-state index >= 15 is 0 Å². The lowest BCUT2D eigenvalue weighted by Crippen LogP contribution is -2.38. The molecular weight excluding hydrogens is 552 g/mol. The van der Waals surface area contributed by atoms with Crippen molar-refractivity contribution < 1.29 is 29.3 Å². The molecule has 2 heterocycles. The molecule has 4 atom stereocenters. The summed E-state index contributed by atoms with van der Waals surface area (Å²) < 4.78 is 13.0. The van der Waals surface area contributed by atoms with E-state index in [-0.39, 0.29) is 36.2 Å². The van der Waals surface area contributed by atoms with Crippen molar-refractivity contribution in [1.29, 1.82) is 0 Å². The molecule has 0 saturated carbocycles. The van der Waals surface area contributed by atoms with Gasteiger partial charge in [-0.2, -0.15) is 0 Å². The molecule has 3 aromatic carbocycles. The largest absolute Gasteiger partial charge is 0.478 e. The predicted molar refractivity (Wildman–Crippen MR) is 159 cm³/mol. The molecule has 5 rings (SSSR count). The minimum Gasteiger partial charge on any atom is -0.478 e. The maximum absolute atomic E-state index is 12.4. The lowest BCUT2D eigenvalue weighted by molar-refractivity contribution is -0.268. The molecule has 42 heavy (non-hydrogen) atoms. The minimum atomic E-state index is -0.963. The van der Waals surface area contributed by atoms with Crippen LogP contribution in [0.1, 0.15) is 62.3 Å². The number of carboxylic acids is 1. The Hall–Kier alpha value is -4.02. The van der Waals surface area contributed by atoms with Crippen LogP contribution in [0.4, 0.5) is 0 Å². The number of ether oxygens (including phenoxy) is 2. The number of aromatic carboxylic acids is 1. The summed E-state index contributed by atoms with van der Waals surface area (Å²) in [6, 6.07) is 25.8.